The summed E-state index contributed by atoms with van der Waals surface area (Å²) in [6, 6.07) is 17.0. The van der Waals surface area contributed by atoms with Gasteiger partial charge in [0.15, 0.2) is 0 Å². The lowest BCUT2D eigenvalue weighted by Gasteiger charge is -2.29. The van der Waals surface area contributed by atoms with Gasteiger partial charge in [-0.25, -0.2) is 0 Å². The molecule has 2 aromatic rings. The molecule has 0 spiro atoms. The third kappa shape index (κ3) is 4.97. The summed E-state index contributed by atoms with van der Waals surface area (Å²) in [7, 11) is 0. The van der Waals surface area contributed by atoms with Gasteiger partial charge in [0.05, 0.1) is 0 Å². The van der Waals surface area contributed by atoms with Crippen molar-refractivity contribution in [3.8, 4) is 11.5 Å². The molecule has 29 heavy (non-hydrogen) atoms. The van der Waals surface area contributed by atoms with Crippen molar-refractivity contribution in [2.45, 2.75) is 38.5 Å². The Morgan fingerprint density at radius 3 is 2.03 bits per heavy atom. The molecule has 2 fully saturated rings. The van der Waals surface area contributed by atoms with E-state index >= 15 is 0 Å². The van der Waals surface area contributed by atoms with Crippen LogP contribution in [0.2, 0.25) is 0 Å². The fourth-order valence-corrected chi connectivity index (χ4v) is 4.27. The molecule has 1 saturated heterocycles. The molecule has 1 aliphatic carbocycles. The maximum atomic E-state index is 12.6. The SMILES string of the molecule is O=C(Nc1ccc(Oc2ccccc2)cc1)C1CCC(C(=O)N2CCCC2)CC1. The molecule has 5 heteroatoms. The van der Waals surface area contributed by atoms with Gasteiger partial charge in [0, 0.05) is 30.6 Å². The maximum absolute atomic E-state index is 12.6. The van der Waals surface area contributed by atoms with Gasteiger partial charge >= 0.3 is 0 Å². The molecule has 1 saturated carbocycles. The average molecular weight is 392 g/mol. The number of rotatable bonds is 5. The summed E-state index contributed by atoms with van der Waals surface area (Å²) in [5.41, 5.74) is 0.769. The Bertz CT molecular complexity index is 821. The normalized spacial score (nSPS) is 21.6. The highest BCUT2D eigenvalue weighted by atomic mass is 16.5. The summed E-state index contributed by atoms with van der Waals surface area (Å²) in [6.45, 7) is 1.81. The van der Waals surface area contributed by atoms with Crippen LogP contribution in [-0.4, -0.2) is 29.8 Å². The second-order valence-electron chi connectivity index (χ2n) is 8.01. The van der Waals surface area contributed by atoms with Crippen LogP contribution in [0.4, 0.5) is 5.69 Å². The Labute approximate surface area is 172 Å². The largest absolute Gasteiger partial charge is 0.457 e. The molecule has 5 nitrogen and oxygen atoms in total. The molecule has 0 aromatic heterocycles. The molecule has 152 valence electrons. The lowest BCUT2D eigenvalue weighted by molar-refractivity contribution is -0.136. The number of hydrogen-bond acceptors (Lipinski definition) is 3. The van der Waals surface area contributed by atoms with Gasteiger partial charge in [-0.2, -0.15) is 0 Å². The van der Waals surface area contributed by atoms with E-state index in [4.69, 9.17) is 4.74 Å². The van der Waals surface area contributed by atoms with Crippen LogP contribution in [0.25, 0.3) is 0 Å². The van der Waals surface area contributed by atoms with Gasteiger partial charge in [-0.3, -0.25) is 9.59 Å². The Kier molecular flexibility index (Phi) is 6.13. The van der Waals surface area contributed by atoms with Gasteiger partial charge in [-0.05, 0) is 74.9 Å². The van der Waals surface area contributed by atoms with Crippen LogP contribution < -0.4 is 10.1 Å². The molecule has 2 aromatic carbocycles. The standard InChI is InChI=1S/C24H28N2O3/c27-23(18-8-10-19(11-9-18)24(28)26-16-4-5-17-26)25-20-12-14-22(15-13-20)29-21-6-2-1-3-7-21/h1-3,6-7,12-15,18-19H,4-5,8-11,16-17H2,(H,25,27). The molecule has 0 atom stereocenters. The number of benzene rings is 2. The first-order chi connectivity index (χ1) is 14.2. The number of para-hydroxylation sites is 1. The number of nitrogens with one attached hydrogen (secondary N) is 1. The third-order valence-electron chi connectivity index (χ3n) is 5.97. The molecule has 0 bridgehead atoms. The Hall–Kier alpha value is -2.82. The van der Waals surface area contributed by atoms with Crippen molar-refractivity contribution >= 4 is 17.5 Å². The van der Waals surface area contributed by atoms with Crippen LogP contribution in [0, 0.1) is 11.8 Å². The second-order valence-corrected chi connectivity index (χ2v) is 8.01. The first-order valence-electron chi connectivity index (χ1n) is 10.6. The zero-order valence-corrected chi connectivity index (χ0v) is 16.7. The topological polar surface area (TPSA) is 58.6 Å². The van der Waals surface area contributed by atoms with Crippen LogP contribution >= 0.6 is 0 Å². The number of carbonyl (C=O) groups is 2. The van der Waals surface area contributed by atoms with Crippen molar-refractivity contribution in [2.24, 2.45) is 11.8 Å². The van der Waals surface area contributed by atoms with Crippen molar-refractivity contribution in [2.75, 3.05) is 18.4 Å². The lowest BCUT2D eigenvalue weighted by atomic mass is 9.81. The van der Waals surface area contributed by atoms with Gasteiger partial charge in [0.25, 0.3) is 0 Å². The van der Waals surface area contributed by atoms with Crippen LogP contribution in [0.5, 0.6) is 11.5 Å². The van der Waals surface area contributed by atoms with E-state index < -0.39 is 0 Å². The fraction of sp³-hybridized carbons (Fsp3) is 0.417. The van der Waals surface area contributed by atoms with Gasteiger partial charge in [-0.15, -0.1) is 0 Å². The van der Waals surface area contributed by atoms with E-state index in [2.05, 4.69) is 5.32 Å². The first kappa shape index (κ1) is 19.5. The Morgan fingerprint density at radius 1 is 0.793 bits per heavy atom. The van der Waals surface area contributed by atoms with Crippen LogP contribution in [0.3, 0.4) is 0 Å². The molecule has 0 unspecified atom stereocenters. The maximum Gasteiger partial charge on any atom is 0.227 e. The Morgan fingerprint density at radius 2 is 1.38 bits per heavy atom. The highest BCUT2D eigenvalue weighted by molar-refractivity contribution is 5.92. The van der Waals surface area contributed by atoms with Crippen molar-refractivity contribution in [1.82, 2.24) is 4.90 Å². The van der Waals surface area contributed by atoms with Crippen molar-refractivity contribution in [3.63, 3.8) is 0 Å². The predicted molar refractivity (Wildman–Crippen MR) is 113 cm³/mol. The Balaban J connectivity index is 1.26. The predicted octanol–water partition coefficient (Wildman–Crippen LogP) is 4.85. The number of anilines is 1. The summed E-state index contributed by atoms with van der Waals surface area (Å²) in [5.74, 6) is 1.95. The van der Waals surface area contributed by atoms with Crippen LogP contribution in [0.15, 0.2) is 54.6 Å². The average Bonchev–Trinajstić information content (AvgIpc) is 3.30. The smallest absolute Gasteiger partial charge is 0.227 e. The molecule has 1 aliphatic heterocycles. The second kappa shape index (κ2) is 9.12. The molecule has 4 rings (SSSR count). The molecule has 1 heterocycles. The monoisotopic (exact) mass is 392 g/mol. The van der Waals surface area contributed by atoms with E-state index in [9.17, 15) is 9.59 Å². The van der Waals surface area contributed by atoms with E-state index in [1.54, 1.807) is 0 Å². The zero-order chi connectivity index (χ0) is 20.1. The molecular weight excluding hydrogens is 364 g/mol. The van der Waals surface area contributed by atoms with Crippen molar-refractivity contribution in [1.29, 1.82) is 0 Å². The number of carbonyl (C=O) groups excluding carboxylic acids is 2. The summed E-state index contributed by atoms with van der Waals surface area (Å²) < 4.78 is 5.78. The molecular formula is C24H28N2O3. The highest BCUT2D eigenvalue weighted by Crippen LogP contribution is 2.32. The fourth-order valence-electron chi connectivity index (χ4n) is 4.27. The van der Waals surface area contributed by atoms with Gasteiger partial charge in [0.2, 0.25) is 11.8 Å². The molecule has 1 N–H and O–H groups in total. The molecule has 2 aliphatic rings. The lowest BCUT2D eigenvalue weighted by Crippen LogP contribution is -2.37. The number of amides is 2. The highest BCUT2D eigenvalue weighted by Gasteiger charge is 2.32. The third-order valence-corrected chi connectivity index (χ3v) is 5.97. The van der Waals surface area contributed by atoms with E-state index in [0.717, 1.165) is 68.8 Å². The zero-order valence-electron chi connectivity index (χ0n) is 16.7. The minimum atomic E-state index is -0.0159. The van der Waals surface area contributed by atoms with E-state index in [0.29, 0.717) is 5.91 Å². The van der Waals surface area contributed by atoms with Crippen molar-refractivity contribution in [3.05, 3.63) is 54.6 Å². The number of hydrogen-bond donors (Lipinski definition) is 1. The van der Waals surface area contributed by atoms with Gasteiger partial charge in [0.1, 0.15) is 11.5 Å². The van der Waals surface area contributed by atoms with E-state index in [1.807, 2.05) is 59.5 Å². The summed E-state index contributed by atoms with van der Waals surface area (Å²) >= 11 is 0. The minimum absolute atomic E-state index is 0.0159. The minimum Gasteiger partial charge on any atom is -0.457 e. The molecule has 0 radical (unpaired) electrons. The summed E-state index contributed by atoms with van der Waals surface area (Å²) in [5, 5.41) is 3.01. The van der Waals surface area contributed by atoms with Crippen LogP contribution in [0.1, 0.15) is 38.5 Å². The number of likely N-dealkylation sites (tertiary alicyclic amines) is 1. The summed E-state index contributed by atoms with van der Waals surface area (Å²) in [4.78, 5) is 27.2. The van der Waals surface area contributed by atoms with Crippen LogP contribution in [-0.2, 0) is 9.59 Å². The van der Waals surface area contributed by atoms with Crippen molar-refractivity contribution < 1.29 is 14.3 Å². The van der Waals surface area contributed by atoms with Gasteiger partial charge < -0.3 is 15.0 Å². The number of nitrogens with zero attached hydrogens (tertiary/aromatic N) is 1. The molecule has 2 amide bonds. The quantitative estimate of drug-likeness (QED) is 0.792. The number of ether oxygens (including phenoxy) is 1. The van der Waals surface area contributed by atoms with E-state index in [1.165, 1.54) is 0 Å². The first-order valence-corrected chi connectivity index (χ1v) is 10.6. The van der Waals surface area contributed by atoms with E-state index in [-0.39, 0.29) is 17.7 Å². The summed E-state index contributed by atoms with van der Waals surface area (Å²) in [6.07, 6.45) is 5.45. The van der Waals surface area contributed by atoms with Gasteiger partial charge in [-0.1, -0.05) is 18.2 Å².